The smallest absolute Gasteiger partial charge is 0.346 e. The topological polar surface area (TPSA) is 29.1 Å². The van der Waals surface area contributed by atoms with Crippen LogP contribution in [0.1, 0.15) is 22.8 Å². The second kappa shape index (κ2) is 5.44. The predicted molar refractivity (Wildman–Crippen MR) is 62.1 cm³/mol. The van der Waals surface area contributed by atoms with Crippen molar-refractivity contribution >= 4 is 21.8 Å². The Morgan fingerprint density at radius 2 is 1.84 bits per heavy atom. The molecule has 0 saturated carbocycles. The number of halogens is 6. The summed E-state index contributed by atoms with van der Waals surface area (Å²) in [6.45, 7) is -0.473. The Labute approximate surface area is 114 Å². The molecule has 8 heteroatoms. The molecule has 1 rings (SSSR count). The van der Waals surface area contributed by atoms with E-state index in [1.54, 1.807) is 5.32 Å². The van der Waals surface area contributed by atoms with E-state index in [4.69, 9.17) is 0 Å². The highest BCUT2D eigenvalue weighted by molar-refractivity contribution is 9.10. The van der Waals surface area contributed by atoms with E-state index in [1.807, 2.05) is 0 Å². The van der Waals surface area contributed by atoms with E-state index in [2.05, 4.69) is 15.9 Å². The van der Waals surface area contributed by atoms with Gasteiger partial charge in [0.1, 0.15) is 0 Å². The normalized spacial score (nSPS) is 12.4. The monoisotopic (exact) mass is 345 g/mol. The molecule has 1 aromatic rings. The Bertz CT molecular complexity index is 481. The van der Waals surface area contributed by atoms with Crippen LogP contribution in [0.25, 0.3) is 0 Å². The lowest BCUT2D eigenvalue weighted by molar-refractivity contribution is -0.138. The third-order valence-electron chi connectivity index (χ3n) is 2.09. The lowest BCUT2D eigenvalue weighted by Crippen LogP contribution is -2.35. The molecule has 0 bridgehead atoms. The second-order valence-electron chi connectivity index (χ2n) is 3.94. The van der Waals surface area contributed by atoms with Gasteiger partial charge < -0.3 is 5.32 Å². The summed E-state index contributed by atoms with van der Waals surface area (Å²) in [6, 6.07) is 2.88. The summed E-state index contributed by atoms with van der Waals surface area (Å²) in [5.41, 5.74) is -1.88. The molecule has 0 aliphatic heterocycles. The third kappa shape index (κ3) is 4.77. The molecule has 0 aromatic heterocycles. The number of amides is 1. The van der Waals surface area contributed by atoms with Crippen LogP contribution in [0.5, 0.6) is 0 Å². The van der Waals surface area contributed by atoms with Crippen molar-refractivity contribution < 1.29 is 26.7 Å². The third-order valence-corrected chi connectivity index (χ3v) is 2.58. The van der Waals surface area contributed by atoms with E-state index in [0.29, 0.717) is 6.92 Å². The molecule has 1 aromatic carbocycles. The van der Waals surface area contributed by atoms with E-state index in [-0.39, 0.29) is 4.47 Å². The number of rotatable bonds is 3. The lowest BCUT2D eigenvalue weighted by Gasteiger charge is -2.15. The zero-order valence-electron chi connectivity index (χ0n) is 9.62. The van der Waals surface area contributed by atoms with Gasteiger partial charge in [-0.25, -0.2) is 8.78 Å². The number of benzene rings is 1. The van der Waals surface area contributed by atoms with Gasteiger partial charge in [-0.2, -0.15) is 13.2 Å². The summed E-state index contributed by atoms with van der Waals surface area (Å²) in [7, 11) is 0. The molecule has 1 N–H and O–H groups in total. The Morgan fingerprint density at radius 3 is 2.32 bits per heavy atom. The molecule has 2 nitrogen and oxygen atoms in total. The van der Waals surface area contributed by atoms with Gasteiger partial charge in [0.05, 0.1) is 17.7 Å². The molecule has 0 unspecified atom stereocenters. The van der Waals surface area contributed by atoms with Gasteiger partial charge >= 0.3 is 6.18 Å². The van der Waals surface area contributed by atoms with Crippen LogP contribution in [0.3, 0.4) is 0 Å². The van der Waals surface area contributed by atoms with Crippen molar-refractivity contribution in [2.75, 3.05) is 6.54 Å². The lowest BCUT2D eigenvalue weighted by atomic mass is 10.1. The van der Waals surface area contributed by atoms with Crippen LogP contribution < -0.4 is 5.32 Å². The van der Waals surface area contributed by atoms with Crippen molar-refractivity contribution in [1.82, 2.24) is 5.32 Å². The molecule has 1 amide bonds. The van der Waals surface area contributed by atoms with Crippen LogP contribution in [0.2, 0.25) is 0 Å². The fraction of sp³-hybridized carbons (Fsp3) is 0.364. The summed E-state index contributed by atoms with van der Waals surface area (Å²) in [5.74, 6) is -4.38. The highest BCUT2D eigenvalue weighted by Crippen LogP contribution is 2.33. The summed E-state index contributed by atoms with van der Waals surface area (Å²) in [6.07, 6.45) is -4.74. The van der Waals surface area contributed by atoms with Crippen LogP contribution >= 0.6 is 15.9 Å². The molecule has 0 fully saturated rings. The zero-order valence-corrected chi connectivity index (χ0v) is 11.2. The van der Waals surface area contributed by atoms with Gasteiger partial charge in [-0.1, -0.05) is 15.9 Å². The Morgan fingerprint density at radius 1 is 1.26 bits per heavy atom. The highest BCUT2D eigenvalue weighted by Gasteiger charge is 2.35. The fourth-order valence-electron chi connectivity index (χ4n) is 1.28. The minimum Gasteiger partial charge on any atom is -0.346 e. The zero-order chi connectivity index (χ0) is 14.8. The Balaban J connectivity index is 3.03. The van der Waals surface area contributed by atoms with Gasteiger partial charge in [-0.3, -0.25) is 4.79 Å². The SMILES string of the molecule is CC(F)(F)CNC(=O)c1ccc(Br)cc1C(F)(F)F. The maximum Gasteiger partial charge on any atom is 0.417 e. The van der Waals surface area contributed by atoms with E-state index in [9.17, 15) is 26.7 Å². The van der Waals surface area contributed by atoms with Gasteiger partial charge in [-0.15, -0.1) is 0 Å². The number of nitrogens with one attached hydrogen (secondary N) is 1. The predicted octanol–water partition coefficient (Wildman–Crippen LogP) is 3.85. The maximum absolute atomic E-state index is 12.7. The number of hydrogen-bond donors (Lipinski definition) is 1. The molecule has 19 heavy (non-hydrogen) atoms. The van der Waals surface area contributed by atoms with Gasteiger partial charge in [0, 0.05) is 11.4 Å². The molecule has 0 radical (unpaired) electrons. The van der Waals surface area contributed by atoms with E-state index in [1.165, 1.54) is 6.07 Å². The van der Waals surface area contributed by atoms with E-state index >= 15 is 0 Å². The maximum atomic E-state index is 12.7. The Hall–Kier alpha value is -1.18. The van der Waals surface area contributed by atoms with Crippen molar-refractivity contribution in [1.29, 1.82) is 0 Å². The van der Waals surface area contributed by atoms with E-state index < -0.39 is 35.7 Å². The van der Waals surface area contributed by atoms with Crippen molar-refractivity contribution in [3.05, 3.63) is 33.8 Å². The fourth-order valence-corrected chi connectivity index (χ4v) is 1.64. The first-order chi connectivity index (χ1) is 8.50. The summed E-state index contributed by atoms with van der Waals surface area (Å²) < 4.78 is 63.4. The second-order valence-corrected chi connectivity index (χ2v) is 4.86. The van der Waals surface area contributed by atoms with Crippen molar-refractivity contribution in [2.24, 2.45) is 0 Å². The minimum atomic E-state index is -4.74. The molecule has 106 valence electrons. The minimum absolute atomic E-state index is 0.136. The first-order valence-corrected chi connectivity index (χ1v) is 5.83. The largest absolute Gasteiger partial charge is 0.417 e. The standard InChI is InChI=1S/C11H9BrF5NO/c1-10(13,14)5-18-9(19)7-3-2-6(12)4-8(7)11(15,16)17/h2-4H,5H2,1H3,(H,18,19). The first-order valence-electron chi connectivity index (χ1n) is 5.03. The number of carbonyl (C=O) groups excluding carboxylic acids is 1. The van der Waals surface area contributed by atoms with Crippen LogP contribution in [-0.4, -0.2) is 18.4 Å². The molecule has 0 saturated heterocycles. The van der Waals surface area contributed by atoms with Crippen LogP contribution in [0.15, 0.2) is 22.7 Å². The first kappa shape index (κ1) is 15.9. The summed E-state index contributed by atoms with van der Waals surface area (Å²) in [5, 5.41) is 1.77. The van der Waals surface area contributed by atoms with Crippen LogP contribution in [0, 0.1) is 0 Å². The molecular weight excluding hydrogens is 337 g/mol. The molecular formula is C11H9BrF5NO. The molecule has 0 aliphatic rings. The van der Waals surface area contributed by atoms with Crippen molar-refractivity contribution in [2.45, 2.75) is 19.0 Å². The average Bonchev–Trinajstić information content (AvgIpc) is 2.23. The highest BCUT2D eigenvalue weighted by atomic mass is 79.9. The van der Waals surface area contributed by atoms with Gasteiger partial charge in [0.15, 0.2) is 0 Å². The molecule has 0 atom stereocenters. The van der Waals surface area contributed by atoms with Crippen molar-refractivity contribution in [3.8, 4) is 0 Å². The van der Waals surface area contributed by atoms with Crippen molar-refractivity contribution in [3.63, 3.8) is 0 Å². The average molecular weight is 346 g/mol. The van der Waals surface area contributed by atoms with Gasteiger partial charge in [0.2, 0.25) is 0 Å². The number of carbonyl (C=O) groups is 1. The molecule has 0 spiro atoms. The molecule has 0 aliphatic carbocycles. The van der Waals surface area contributed by atoms with Crippen LogP contribution in [-0.2, 0) is 6.18 Å². The Kier molecular flexibility index (Phi) is 4.54. The van der Waals surface area contributed by atoms with Gasteiger partial charge in [-0.05, 0) is 18.2 Å². The van der Waals surface area contributed by atoms with E-state index in [0.717, 1.165) is 12.1 Å². The number of alkyl halides is 5. The summed E-state index contributed by atoms with van der Waals surface area (Å²) in [4.78, 5) is 11.5. The number of hydrogen-bond acceptors (Lipinski definition) is 1. The molecule has 0 heterocycles. The van der Waals surface area contributed by atoms with Crippen LogP contribution in [0.4, 0.5) is 22.0 Å². The summed E-state index contributed by atoms with van der Waals surface area (Å²) >= 11 is 2.86. The van der Waals surface area contributed by atoms with Gasteiger partial charge in [0.25, 0.3) is 11.8 Å². The quantitative estimate of drug-likeness (QED) is 0.828.